The molecule has 0 aliphatic rings. The molecule has 0 fully saturated rings. The summed E-state index contributed by atoms with van der Waals surface area (Å²) < 4.78 is 28.5. The van der Waals surface area contributed by atoms with Crippen molar-refractivity contribution < 1.29 is 13.6 Å². The van der Waals surface area contributed by atoms with Crippen LogP contribution in [0.4, 0.5) is 14.7 Å². The summed E-state index contributed by atoms with van der Waals surface area (Å²) in [5, 5.41) is 9.10. The molecule has 2 aromatic carbocycles. The molecule has 5 nitrogen and oxygen atoms in total. The number of aromatic nitrogens is 3. The van der Waals surface area contributed by atoms with E-state index >= 15 is 0 Å². The summed E-state index contributed by atoms with van der Waals surface area (Å²) in [6.07, 6.45) is 0. The Morgan fingerprint density at radius 2 is 1.92 bits per heavy atom. The zero-order valence-electron chi connectivity index (χ0n) is 12.9. The molecule has 0 aliphatic heterocycles. The van der Waals surface area contributed by atoms with Gasteiger partial charge in [-0.3, -0.25) is 10.1 Å². The number of carbonyl (C=O) groups is 1. The number of carbonyl (C=O) groups excluding carboxylic acids is 1. The third-order valence-corrected chi connectivity index (χ3v) is 4.69. The molecule has 4 rings (SSSR count). The quantitative estimate of drug-likeness (QED) is 0.554. The van der Waals surface area contributed by atoms with Gasteiger partial charge in [0.05, 0.1) is 11.3 Å². The molecular formula is C17H9ClF2N4OS. The van der Waals surface area contributed by atoms with E-state index < -0.39 is 23.1 Å². The molecule has 1 N–H and O–H groups in total. The standard InChI is InChI=1S/C17H9ClF2N4OS/c18-10-3-1-9(2-4-10)14-8-26-17-22-16(23-24(14)17)21-15(25)12-7-11(19)5-6-13(12)20/h1-8H,(H,21,23,25). The van der Waals surface area contributed by atoms with Crippen molar-refractivity contribution in [3.8, 4) is 11.3 Å². The monoisotopic (exact) mass is 390 g/mol. The minimum Gasteiger partial charge on any atom is -0.289 e. The first-order chi connectivity index (χ1) is 12.5. The molecule has 0 aliphatic carbocycles. The Kier molecular flexibility index (Phi) is 4.14. The van der Waals surface area contributed by atoms with Crippen molar-refractivity contribution in [1.29, 1.82) is 0 Å². The van der Waals surface area contributed by atoms with E-state index in [1.54, 1.807) is 16.6 Å². The second kappa shape index (κ2) is 6.47. The zero-order valence-corrected chi connectivity index (χ0v) is 14.5. The highest BCUT2D eigenvalue weighted by atomic mass is 35.5. The molecule has 0 unspecified atom stereocenters. The lowest BCUT2D eigenvalue weighted by atomic mass is 10.2. The van der Waals surface area contributed by atoms with Crippen LogP contribution in [0, 0.1) is 11.6 Å². The Bertz CT molecular complexity index is 1120. The van der Waals surface area contributed by atoms with E-state index in [4.69, 9.17) is 11.6 Å². The van der Waals surface area contributed by atoms with E-state index in [2.05, 4.69) is 15.4 Å². The fourth-order valence-electron chi connectivity index (χ4n) is 2.39. The molecule has 2 aromatic heterocycles. The number of hydrogen-bond donors (Lipinski definition) is 1. The van der Waals surface area contributed by atoms with Crippen molar-refractivity contribution >= 4 is 39.8 Å². The molecule has 0 atom stereocenters. The summed E-state index contributed by atoms with van der Waals surface area (Å²) in [4.78, 5) is 16.9. The van der Waals surface area contributed by atoms with E-state index in [-0.39, 0.29) is 5.95 Å². The number of amides is 1. The van der Waals surface area contributed by atoms with Crippen molar-refractivity contribution in [3.05, 3.63) is 70.1 Å². The van der Waals surface area contributed by atoms with Crippen molar-refractivity contribution in [3.63, 3.8) is 0 Å². The minimum absolute atomic E-state index is 0.000671. The Balaban J connectivity index is 1.65. The van der Waals surface area contributed by atoms with Crippen LogP contribution in [0.3, 0.4) is 0 Å². The first kappa shape index (κ1) is 16.6. The van der Waals surface area contributed by atoms with Crippen LogP contribution in [-0.2, 0) is 0 Å². The molecule has 0 bridgehead atoms. The van der Waals surface area contributed by atoms with Crippen LogP contribution in [0.2, 0.25) is 5.02 Å². The van der Waals surface area contributed by atoms with E-state index in [0.717, 1.165) is 29.5 Å². The van der Waals surface area contributed by atoms with Gasteiger partial charge in [0.1, 0.15) is 11.6 Å². The van der Waals surface area contributed by atoms with Gasteiger partial charge in [0, 0.05) is 16.0 Å². The molecule has 130 valence electrons. The SMILES string of the molecule is O=C(Nc1nc2scc(-c3ccc(Cl)cc3)n2n1)c1cc(F)ccc1F. The fraction of sp³-hybridized carbons (Fsp3) is 0. The summed E-state index contributed by atoms with van der Waals surface area (Å²) in [6, 6.07) is 9.84. The third-order valence-electron chi connectivity index (χ3n) is 3.62. The first-order valence-electron chi connectivity index (χ1n) is 7.38. The van der Waals surface area contributed by atoms with Crippen LogP contribution < -0.4 is 5.32 Å². The van der Waals surface area contributed by atoms with Gasteiger partial charge in [0.2, 0.25) is 4.96 Å². The topological polar surface area (TPSA) is 59.3 Å². The molecule has 0 radical (unpaired) electrons. The highest BCUT2D eigenvalue weighted by Gasteiger charge is 2.17. The number of halogens is 3. The molecule has 0 saturated heterocycles. The van der Waals surface area contributed by atoms with Crippen molar-refractivity contribution in [2.24, 2.45) is 0 Å². The highest BCUT2D eigenvalue weighted by molar-refractivity contribution is 7.15. The zero-order chi connectivity index (χ0) is 18.3. The van der Waals surface area contributed by atoms with Crippen LogP contribution in [0.25, 0.3) is 16.2 Å². The lowest BCUT2D eigenvalue weighted by molar-refractivity contribution is 0.102. The predicted octanol–water partition coefficient (Wildman–Crippen LogP) is 4.64. The van der Waals surface area contributed by atoms with E-state index in [9.17, 15) is 13.6 Å². The normalized spacial score (nSPS) is 11.0. The minimum atomic E-state index is -0.827. The van der Waals surface area contributed by atoms with Crippen LogP contribution in [-0.4, -0.2) is 20.5 Å². The number of thiazole rings is 1. The van der Waals surface area contributed by atoms with Crippen molar-refractivity contribution in [2.75, 3.05) is 5.32 Å². The summed E-state index contributed by atoms with van der Waals surface area (Å²) >= 11 is 7.23. The Morgan fingerprint density at radius 1 is 1.15 bits per heavy atom. The van der Waals surface area contributed by atoms with Gasteiger partial charge in [0.25, 0.3) is 11.9 Å². The first-order valence-corrected chi connectivity index (χ1v) is 8.63. The van der Waals surface area contributed by atoms with Crippen molar-refractivity contribution in [1.82, 2.24) is 14.6 Å². The smallest absolute Gasteiger partial charge is 0.261 e. The van der Waals surface area contributed by atoms with Crippen LogP contribution in [0.15, 0.2) is 47.8 Å². The van der Waals surface area contributed by atoms with Crippen LogP contribution >= 0.6 is 22.9 Å². The van der Waals surface area contributed by atoms with E-state index in [1.807, 2.05) is 17.5 Å². The summed E-state index contributed by atoms with van der Waals surface area (Å²) in [6.45, 7) is 0. The van der Waals surface area contributed by atoms with Crippen LogP contribution in [0.5, 0.6) is 0 Å². The molecular weight excluding hydrogens is 382 g/mol. The van der Waals surface area contributed by atoms with E-state index in [0.29, 0.717) is 9.98 Å². The summed E-state index contributed by atoms with van der Waals surface area (Å²) in [5.41, 5.74) is 1.23. The van der Waals surface area contributed by atoms with Crippen LogP contribution in [0.1, 0.15) is 10.4 Å². The predicted molar refractivity (Wildman–Crippen MR) is 95.6 cm³/mol. The van der Waals surface area contributed by atoms with Gasteiger partial charge in [0.15, 0.2) is 0 Å². The van der Waals surface area contributed by atoms with Gasteiger partial charge in [-0.15, -0.1) is 16.4 Å². The Hall–Kier alpha value is -2.84. The van der Waals surface area contributed by atoms with Gasteiger partial charge in [-0.2, -0.15) is 4.98 Å². The molecule has 0 saturated carbocycles. The Labute approximate surface area is 154 Å². The lowest BCUT2D eigenvalue weighted by Crippen LogP contribution is -2.15. The third kappa shape index (κ3) is 3.04. The number of rotatable bonds is 3. The fourth-order valence-corrected chi connectivity index (χ4v) is 3.35. The number of nitrogens with one attached hydrogen (secondary N) is 1. The second-order valence-electron chi connectivity index (χ2n) is 5.34. The molecule has 26 heavy (non-hydrogen) atoms. The number of anilines is 1. The summed E-state index contributed by atoms with van der Waals surface area (Å²) in [5.74, 6) is -2.36. The average Bonchev–Trinajstić information content (AvgIpc) is 3.18. The maximum Gasteiger partial charge on any atom is 0.261 e. The average molecular weight is 391 g/mol. The molecule has 9 heteroatoms. The van der Waals surface area contributed by atoms with Gasteiger partial charge >= 0.3 is 0 Å². The molecule has 0 spiro atoms. The van der Waals surface area contributed by atoms with Gasteiger partial charge in [-0.05, 0) is 30.3 Å². The molecule has 1 amide bonds. The lowest BCUT2D eigenvalue weighted by Gasteiger charge is -2.02. The Morgan fingerprint density at radius 3 is 2.69 bits per heavy atom. The highest BCUT2D eigenvalue weighted by Crippen LogP contribution is 2.27. The second-order valence-corrected chi connectivity index (χ2v) is 6.61. The van der Waals surface area contributed by atoms with Gasteiger partial charge < -0.3 is 0 Å². The molecule has 4 aromatic rings. The van der Waals surface area contributed by atoms with Gasteiger partial charge in [-0.1, -0.05) is 23.7 Å². The maximum atomic E-state index is 13.7. The number of hydrogen-bond acceptors (Lipinski definition) is 4. The maximum absolute atomic E-state index is 13.7. The number of benzene rings is 2. The van der Waals surface area contributed by atoms with Gasteiger partial charge in [-0.25, -0.2) is 13.3 Å². The molecule has 2 heterocycles. The van der Waals surface area contributed by atoms with Crippen molar-refractivity contribution in [2.45, 2.75) is 0 Å². The number of nitrogens with zero attached hydrogens (tertiary/aromatic N) is 3. The largest absolute Gasteiger partial charge is 0.289 e. The van der Waals surface area contributed by atoms with E-state index in [1.165, 1.54) is 11.3 Å². The summed E-state index contributed by atoms with van der Waals surface area (Å²) in [7, 11) is 0. The number of fused-ring (bicyclic) bond motifs is 1.